The lowest BCUT2D eigenvalue weighted by molar-refractivity contribution is -0.104. The van der Waals surface area contributed by atoms with Gasteiger partial charge in [0.25, 0.3) is 0 Å². The van der Waals surface area contributed by atoms with Crippen molar-refractivity contribution >= 4 is 6.29 Å². The van der Waals surface area contributed by atoms with Gasteiger partial charge in [0.1, 0.15) is 6.29 Å². The van der Waals surface area contributed by atoms with Gasteiger partial charge in [-0.2, -0.15) is 0 Å². The predicted octanol–water partition coefficient (Wildman–Crippen LogP) is 2.76. The summed E-state index contributed by atoms with van der Waals surface area (Å²) in [7, 11) is 0. The zero-order valence-electron chi connectivity index (χ0n) is 7.58. The number of carbonyl (C=O) groups is 1. The number of hydrogen-bond donors (Lipinski definition) is 0. The molecule has 0 atom stereocenters. The third-order valence-corrected chi connectivity index (χ3v) is 1.14. The topological polar surface area (TPSA) is 17.1 Å². The Morgan fingerprint density at radius 3 is 1.92 bits per heavy atom. The van der Waals surface area contributed by atoms with Gasteiger partial charge in [-0.25, -0.2) is 0 Å². The minimum absolute atomic E-state index is 0.574. The first kappa shape index (κ1) is 10.6. The zero-order chi connectivity index (χ0) is 9.40. The molecule has 0 bridgehead atoms. The van der Waals surface area contributed by atoms with Crippen LogP contribution in [-0.2, 0) is 4.79 Å². The van der Waals surface area contributed by atoms with E-state index in [9.17, 15) is 4.79 Å². The summed E-state index contributed by atoms with van der Waals surface area (Å²) in [5, 5.41) is 0. The van der Waals surface area contributed by atoms with Gasteiger partial charge in [0.2, 0.25) is 0 Å². The van der Waals surface area contributed by atoms with Gasteiger partial charge in [-0.15, -0.1) is 0 Å². The van der Waals surface area contributed by atoms with Crippen LogP contribution in [0.4, 0.5) is 0 Å². The quantitative estimate of drug-likeness (QED) is 0.458. The van der Waals surface area contributed by atoms with Crippen molar-refractivity contribution in [2.45, 2.75) is 13.8 Å². The average Bonchev–Trinajstić information content (AvgIpc) is 2.07. The van der Waals surface area contributed by atoms with Crippen LogP contribution in [0.5, 0.6) is 0 Å². The molecule has 0 aliphatic carbocycles. The second kappa shape index (κ2) is 6.35. The van der Waals surface area contributed by atoms with Crippen molar-refractivity contribution in [2.24, 2.45) is 0 Å². The van der Waals surface area contributed by atoms with Crippen molar-refractivity contribution in [3.63, 3.8) is 0 Å². The van der Waals surface area contributed by atoms with Crippen LogP contribution >= 0.6 is 0 Å². The van der Waals surface area contributed by atoms with E-state index in [1.54, 1.807) is 6.92 Å². The minimum atomic E-state index is 0.574. The average molecular weight is 162 g/mol. The van der Waals surface area contributed by atoms with E-state index in [4.69, 9.17) is 0 Å². The van der Waals surface area contributed by atoms with E-state index in [1.807, 2.05) is 18.2 Å². The van der Waals surface area contributed by atoms with Gasteiger partial charge < -0.3 is 0 Å². The van der Waals surface area contributed by atoms with Crippen LogP contribution in [0.3, 0.4) is 0 Å². The van der Waals surface area contributed by atoms with E-state index < -0.39 is 0 Å². The summed E-state index contributed by atoms with van der Waals surface area (Å²) < 4.78 is 0. The number of hydrogen-bond acceptors (Lipinski definition) is 1. The lowest BCUT2D eigenvalue weighted by atomic mass is 10.2. The van der Waals surface area contributed by atoms with Crippen LogP contribution in [-0.4, -0.2) is 6.29 Å². The summed E-state index contributed by atoms with van der Waals surface area (Å²) in [4.78, 5) is 9.41. The first-order chi connectivity index (χ1) is 5.66. The smallest absolute Gasteiger partial charge is 0.145 e. The Morgan fingerprint density at radius 2 is 1.75 bits per heavy atom. The highest BCUT2D eigenvalue weighted by atomic mass is 16.1. The molecule has 0 aromatic heterocycles. The molecule has 0 spiro atoms. The summed E-state index contributed by atoms with van der Waals surface area (Å²) in [5.74, 6) is 0. The largest absolute Gasteiger partial charge is 0.298 e. The molecule has 0 saturated carbocycles. The Balaban J connectivity index is 0.000000217. The van der Waals surface area contributed by atoms with Crippen molar-refractivity contribution in [2.75, 3.05) is 0 Å². The maximum Gasteiger partial charge on any atom is 0.145 e. The highest BCUT2D eigenvalue weighted by Gasteiger charge is 1.72. The fourth-order valence-electron chi connectivity index (χ4n) is 0.534. The van der Waals surface area contributed by atoms with Crippen molar-refractivity contribution in [1.29, 1.82) is 0 Å². The molecular formula is C11H14O. The standard InChI is InChI=1S/C7H8.C4H6O/c1-7-5-3-2-4-6-7;1-4(2)3-5/h2-6H,1H3;3H,1H2,2H3. The van der Waals surface area contributed by atoms with Crippen LogP contribution in [0.2, 0.25) is 0 Å². The lowest BCUT2D eigenvalue weighted by Crippen LogP contribution is -1.65. The Labute approximate surface area is 73.7 Å². The summed E-state index contributed by atoms with van der Waals surface area (Å²) in [5.41, 5.74) is 1.90. The molecule has 0 fully saturated rings. The fourth-order valence-corrected chi connectivity index (χ4v) is 0.534. The number of rotatable bonds is 1. The van der Waals surface area contributed by atoms with Gasteiger partial charge in [-0.3, -0.25) is 4.79 Å². The molecule has 0 unspecified atom stereocenters. The molecule has 12 heavy (non-hydrogen) atoms. The Hall–Kier alpha value is -1.37. The van der Waals surface area contributed by atoms with E-state index in [0.717, 1.165) is 6.29 Å². The second-order valence-corrected chi connectivity index (χ2v) is 2.62. The normalized spacial score (nSPS) is 7.83. The number of benzene rings is 1. The van der Waals surface area contributed by atoms with Gasteiger partial charge >= 0.3 is 0 Å². The van der Waals surface area contributed by atoms with Gasteiger partial charge in [0.05, 0.1) is 0 Å². The van der Waals surface area contributed by atoms with Crippen LogP contribution in [0.25, 0.3) is 0 Å². The van der Waals surface area contributed by atoms with Crippen LogP contribution in [0.15, 0.2) is 42.5 Å². The predicted molar refractivity (Wildman–Crippen MR) is 52.1 cm³/mol. The van der Waals surface area contributed by atoms with Crippen molar-refractivity contribution in [3.8, 4) is 0 Å². The number of allylic oxidation sites excluding steroid dienone is 1. The number of aryl methyl sites for hydroxylation is 1. The summed E-state index contributed by atoms with van der Waals surface area (Å²) in [6.07, 6.45) is 0.722. The Bertz CT molecular complexity index is 236. The van der Waals surface area contributed by atoms with Crippen molar-refractivity contribution < 1.29 is 4.79 Å². The Kier molecular flexibility index (Phi) is 5.62. The molecule has 1 nitrogen and oxygen atoms in total. The minimum Gasteiger partial charge on any atom is -0.298 e. The molecule has 64 valence electrons. The molecule has 0 N–H and O–H groups in total. The van der Waals surface area contributed by atoms with Crippen LogP contribution < -0.4 is 0 Å². The monoisotopic (exact) mass is 162 g/mol. The molecule has 0 aliphatic rings. The fraction of sp³-hybridized carbons (Fsp3) is 0.182. The molecule has 0 amide bonds. The SMILES string of the molecule is C=C(C)C=O.Cc1ccccc1. The molecule has 0 radical (unpaired) electrons. The lowest BCUT2D eigenvalue weighted by Gasteiger charge is -1.82. The zero-order valence-corrected chi connectivity index (χ0v) is 7.58. The second-order valence-electron chi connectivity index (χ2n) is 2.62. The molecule has 1 rings (SSSR count). The molecule has 0 heterocycles. The molecule has 0 aliphatic heterocycles. The van der Waals surface area contributed by atoms with Crippen molar-refractivity contribution in [1.82, 2.24) is 0 Å². The van der Waals surface area contributed by atoms with E-state index in [-0.39, 0.29) is 0 Å². The summed E-state index contributed by atoms with van der Waals surface area (Å²) in [6, 6.07) is 10.3. The first-order valence-electron chi connectivity index (χ1n) is 3.79. The van der Waals surface area contributed by atoms with Crippen LogP contribution in [0, 0.1) is 6.92 Å². The molecule has 0 saturated heterocycles. The van der Waals surface area contributed by atoms with Gasteiger partial charge in [-0.05, 0) is 19.4 Å². The maximum absolute atomic E-state index is 9.41. The van der Waals surface area contributed by atoms with E-state index in [2.05, 4.69) is 25.6 Å². The Morgan fingerprint density at radius 1 is 1.33 bits per heavy atom. The van der Waals surface area contributed by atoms with Gasteiger partial charge in [0, 0.05) is 0 Å². The molecule has 1 aromatic carbocycles. The maximum atomic E-state index is 9.41. The summed E-state index contributed by atoms with van der Waals surface area (Å²) in [6.45, 7) is 7.05. The number of carbonyl (C=O) groups excluding carboxylic acids is 1. The third kappa shape index (κ3) is 6.75. The number of aldehydes is 1. The third-order valence-electron chi connectivity index (χ3n) is 1.14. The molecular weight excluding hydrogens is 148 g/mol. The van der Waals surface area contributed by atoms with E-state index >= 15 is 0 Å². The van der Waals surface area contributed by atoms with E-state index in [1.165, 1.54) is 5.56 Å². The van der Waals surface area contributed by atoms with Crippen molar-refractivity contribution in [3.05, 3.63) is 48.0 Å². The first-order valence-corrected chi connectivity index (χ1v) is 3.79. The molecule has 1 heteroatoms. The van der Waals surface area contributed by atoms with Gasteiger partial charge in [0.15, 0.2) is 0 Å². The summed E-state index contributed by atoms with van der Waals surface area (Å²) >= 11 is 0. The van der Waals surface area contributed by atoms with Crippen LogP contribution in [0.1, 0.15) is 12.5 Å². The van der Waals surface area contributed by atoms with Gasteiger partial charge in [-0.1, -0.05) is 42.5 Å². The highest BCUT2D eigenvalue weighted by molar-refractivity contribution is 5.70. The molecule has 1 aromatic rings. The highest BCUT2D eigenvalue weighted by Crippen LogP contribution is 1.92. The van der Waals surface area contributed by atoms with E-state index in [0.29, 0.717) is 5.57 Å².